The van der Waals surface area contributed by atoms with Crippen molar-refractivity contribution < 1.29 is 0 Å². The number of hydrogen-bond acceptors (Lipinski definition) is 1. The molecule has 2 saturated carbocycles. The van der Waals surface area contributed by atoms with Crippen LogP contribution in [0.1, 0.15) is 49.8 Å². The molecular weight excluding hydrogens is 218 g/mol. The van der Waals surface area contributed by atoms with Crippen molar-refractivity contribution in [1.82, 2.24) is 5.32 Å². The van der Waals surface area contributed by atoms with Gasteiger partial charge in [0.1, 0.15) is 0 Å². The third-order valence-electron chi connectivity index (χ3n) is 4.87. The molecule has 0 heterocycles. The quantitative estimate of drug-likeness (QED) is 0.821. The summed E-state index contributed by atoms with van der Waals surface area (Å²) in [6, 6.07) is 9.72. The van der Waals surface area contributed by atoms with Crippen LogP contribution in [0.5, 0.6) is 0 Å². The monoisotopic (exact) mass is 243 g/mol. The lowest BCUT2D eigenvalue weighted by Crippen LogP contribution is -2.25. The summed E-state index contributed by atoms with van der Waals surface area (Å²) in [6.07, 6.45) is 5.65. The molecule has 2 fully saturated rings. The lowest BCUT2D eigenvalue weighted by molar-refractivity contribution is 0.417. The molecule has 1 nitrogen and oxygen atoms in total. The summed E-state index contributed by atoms with van der Waals surface area (Å²) >= 11 is 0. The highest BCUT2D eigenvalue weighted by molar-refractivity contribution is 5.28. The highest BCUT2D eigenvalue weighted by Crippen LogP contribution is 2.62. The molecule has 0 saturated heterocycles. The van der Waals surface area contributed by atoms with E-state index in [1.165, 1.54) is 36.8 Å². The van der Waals surface area contributed by atoms with Gasteiger partial charge in [0.05, 0.1) is 0 Å². The van der Waals surface area contributed by atoms with E-state index in [9.17, 15) is 0 Å². The van der Waals surface area contributed by atoms with Crippen molar-refractivity contribution in [2.24, 2.45) is 17.8 Å². The Morgan fingerprint density at radius 1 is 1.28 bits per heavy atom. The summed E-state index contributed by atoms with van der Waals surface area (Å²) in [5.74, 6) is 2.98. The fraction of sp³-hybridized carbons (Fsp3) is 0.647. The van der Waals surface area contributed by atoms with Gasteiger partial charge < -0.3 is 5.32 Å². The van der Waals surface area contributed by atoms with Gasteiger partial charge >= 0.3 is 0 Å². The SMILES string of the molecule is CCCNC(c1cccc(C)c1)C1C2CCCC21. The minimum Gasteiger partial charge on any atom is -0.310 e. The first-order valence-corrected chi connectivity index (χ1v) is 7.61. The standard InChI is InChI=1S/C17H25N/c1-3-10-18-17(13-7-4-6-12(2)11-13)16-14-8-5-9-15(14)16/h4,6-7,11,14-18H,3,5,8-10H2,1-2H3. The van der Waals surface area contributed by atoms with Gasteiger partial charge in [0.2, 0.25) is 0 Å². The van der Waals surface area contributed by atoms with Crippen molar-refractivity contribution in [3.05, 3.63) is 35.4 Å². The van der Waals surface area contributed by atoms with E-state index in [1.807, 2.05) is 0 Å². The minimum atomic E-state index is 0.611. The molecule has 0 aliphatic heterocycles. The first kappa shape index (κ1) is 12.2. The lowest BCUT2D eigenvalue weighted by atomic mass is 9.95. The summed E-state index contributed by atoms with van der Waals surface area (Å²) in [6.45, 7) is 5.61. The Morgan fingerprint density at radius 2 is 2.06 bits per heavy atom. The van der Waals surface area contributed by atoms with Gasteiger partial charge in [-0.25, -0.2) is 0 Å². The van der Waals surface area contributed by atoms with Crippen molar-refractivity contribution >= 4 is 0 Å². The highest BCUT2D eigenvalue weighted by Gasteiger charge is 2.55. The summed E-state index contributed by atoms with van der Waals surface area (Å²) in [5.41, 5.74) is 2.91. The zero-order valence-electron chi connectivity index (χ0n) is 11.7. The van der Waals surface area contributed by atoms with E-state index in [1.54, 1.807) is 0 Å². The molecule has 3 rings (SSSR count). The maximum Gasteiger partial charge on any atom is 0.0354 e. The molecule has 2 aliphatic carbocycles. The zero-order chi connectivity index (χ0) is 12.5. The molecule has 1 aromatic carbocycles. The van der Waals surface area contributed by atoms with E-state index in [-0.39, 0.29) is 0 Å². The van der Waals surface area contributed by atoms with E-state index >= 15 is 0 Å². The average Bonchev–Trinajstić information content (AvgIpc) is 2.84. The Morgan fingerprint density at radius 3 is 2.72 bits per heavy atom. The van der Waals surface area contributed by atoms with Crippen molar-refractivity contribution in [2.75, 3.05) is 6.54 Å². The van der Waals surface area contributed by atoms with Gasteiger partial charge in [0.15, 0.2) is 0 Å². The number of fused-ring (bicyclic) bond motifs is 1. The molecular formula is C17H25N. The molecule has 0 bridgehead atoms. The Bertz CT molecular complexity index is 402. The first-order chi connectivity index (χ1) is 8.81. The predicted octanol–water partition coefficient (Wildman–Crippen LogP) is 4.08. The van der Waals surface area contributed by atoms with E-state index in [4.69, 9.17) is 0 Å². The zero-order valence-corrected chi connectivity index (χ0v) is 11.7. The van der Waals surface area contributed by atoms with E-state index in [0.29, 0.717) is 6.04 Å². The van der Waals surface area contributed by atoms with Gasteiger partial charge in [-0.1, -0.05) is 43.2 Å². The van der Waals surface area contributed by atoms with Crippen LogP contribution in [0, 0.1) is 24.7 Å². The highest BCUT2D eigenvalue weighted by atomic mass is 14.9. The summed E-state index contributed by atoms with van der Waals surface area (Å²) in [7, 11) is 0. The van der Waals surface area contributed by atoms with Gasteiger partial charge in [-0.15, -0.1) is 0 Å². The second-order valence-corrected chi connectivity index (χ2v) is 6.18. The second-order valence-electron chi connectivity index (χ2n) is 6.18. The molecule has 1 heteroatoms. The Labute approximate surface area is 111 Å². The largest absolute Gasteiger partial charge is 0.310 e. The normalized spacial score (nSPS) is 31.1. The predicted molar refractivity (Wildman–Crippen MR) is 76.5 cm³/mol. The molecule has 1 aromatic rings. The van der Waals surface area contributed by atoms with Crippen LogP contribution >= 0.6 is 0 Å². The lowest BCUT2D eigenvalue weighted by Gasteiger charge is -2.21. The van der Waals surface area contributed by atoms with Crippen LogP contribution in [0.4, 0.5) is 0 Å². The molecule has 3 unspecified atom stereocenters. The van der Waals surface area contributed by atoms with Crippen LogP contribution < -0.4 is 5.32 Å². The fourth-order valence-corrected chi connectivity index (χ4v) is 4.01. The second kappa shape index (κ2) is 5.05. The summed E-state index contributed by atoms with van der Waals surface area (Å²) < 4.78 is 0. The van der Waals surface area contributed by atoms with Crippen molar-refractivity contribution in [1.29, 1.82) is 0 Å². The molecule has 2 aliphatic rings. The number of benzene rings is 1. The molecule has 1 N–H and O–H groups in total. The number of aryl methyl sites for hydroxylation is 1. The van der Waals surface area contributed by atoms with Crippen LogP contribution in [-0.2, 0) is 0 Å². The molecule has 0 amide bonds. The summed E-state index contributed by atoms with van der Waals surface area (Å²) in [5, 5.41) is 3.80. The Hall–Kier alpha value is -0.820. The van der Waals surface area contributed by atoms with E-state index in [2.05, 4.69) is 43.4 Å². The van der Waals surface area contributed by atoms with Crippen LogP contribution in [0.3, 0.4) is 0 Å². The Balaban J connectivity index is 1.77. The average molecular weight is 243 g/mol. The maximum absolute atomic E-state index is 3.80. The fourth-order valence-electron chi connectivity index (χ4n) is 4.01. The van der Waals surface area contributed by atoms with Crippen LogP contribution in [0.2, 0.25) is 0 Å². The molecule has 0 spiro atoms. The topological polar surface area (TPSA) is 12.0 Å². The van der Waals surface area contributed by atoms with Crippen LogP contribution in [0.15, 0.2) is 24.3 Å². The van der Waals surface area contributed by atoms with Gasteiger partial charge in [0.25, 0.3) is 0 Å². The van der Waals surface area contributed by atoms with Crippen LogP contribution in [-0.4, -0.2) is 6.54 Å². The molecule has 0 aromatic heterocycles. The maximum atomic E-state index is 3.80. The van der Waals surface area contributed by atoms with Gasteiger partial charge in [-0.3, -0.25) is 0 Å². The van der Waals surface area contributed by atoms with Crippen molar-refractivity contribution in [3.8, 4) is 0 Å². The minimum absolute atomic E-state index is 0.611. The summed E-state index contributed by atoms with van der Waals surface area (Å²) in [4.78, 5) is 0. The van der Waals surface area contributed by atoms with Gasteiger partial charge in [-0.05, 0) is 56.0 Å². The first-order valence-electron chi connectivity index (χ1n) is 7.61. The third-order valence-corrected chi connectivity index (χ3v) is 4.87. The Kier molecular flexibility index (Phi) is 3.43. The molecule has 18 heavy (non-hydrogen) atoms. The third kappa shape index (κ3) is 2.21. The van der Waals surface area contributed by atoms with Crippen molar-refractivity contribution in [2.45, 2.75) is 45.6 Å². The number of rotatable bonds is 5. The van der Waals surface area contributed by atoms with Crippen molar-refractivity contribution in [3.63, 3.8) is 0 Å². The molecule has 0 radical (unpaired) electrons. The number of nitrogens with one attached hydrogen (secondary N) is 1. The number of hydrogen-bond donors (Lipinski definition) is 1. The van der Waals surface area contributed by atoms with E-state index in [0.717, 1.165) is 24.3 Å². The molecule has 3 atom stereocenters. The smallest absolute Gasteiger partial charge is 0.0354 e. The molecule has 98 valence electrons. The van der Waals surface area contributed by atoms with Crippen LogP contribution in [0.25, 0.3) is 0 Å². The van der Waals surface area contributed by atoms with Gasteiger partial charge in [-0.2, -0.15) is 0 Å². The van der Waals surface area contributed by atoms with Gasteiger partial charge in [0, 0.05) is 6.04 Å². The van der Waals surface area contributed by atoms with E-state index < -0.39 is 0 Å².